The van der Waals surface area contributed by atoms with Crippen LogP contribution in [0.3, 0.4) is 0 Å². The highest BCUT2D eigenvalue weighted by molar-refractivity contribution is 6.35. The van der Waals surface area contributed by atoms with Gasteiger partial charge in [-0.1, -0.05) is 6.58 Å². The quantitative estimate of drug-likeness (QED) is 0.316. The van der Waals surface area contributed by atoms with E-state index in [4.69, 9.17) is 14.3 Å². The Morgan fingerprint density at radius 3 is 1.50 bits per heavy atom. The smallest absolute Gasteiger partial charge is 0.195 e. The Bertz CT molecular complexity index is 212. The Hall–Kier alpha value is -1.33. The maximum Gasteiger partial charge on any atom is 0.195 e. The minimum atomic E-state index is -0.380. The van der Waals surface area contributed by atoms with Gasteiger partial charge in [-0.05, 0) is 26.8 Å². The fourth-order valence-corrected chi connectivity index (χ4v) is 0.518. The molecule has 0 aromatic heterocycles. The number of carbonyl (C=O) groups excluding carboxylic acids is 3. The van der Waals surface area contributed by atoms with Crippen molar-refractivity contribution in [3.63, 3.8) is 0 Å². The standard InChI is InChI=1S/C6H14O2.C4H6O2.C3H4O/c1-4-7-6(3)8-5-2;1-3(5)4(2)6;1-2-3-4/h6H,4-5H2,1-3H3;1-2H3;2-3H,1H2. The maximum absolute atomic E-state index is 9.79. The second-order valence-corrected chi connectivity index (χ2v) is 2.96. The number of carbonyl (C=O) groups is 3. The van der Waals surface area contributed by atoms with Gasteiger partial charge in [0.15, 0.2) is 17.9 Å². The van der Waals surface area contributed by atoms with Gasteiger partial charge in [-0.2, -0.15) is 0 Å². The lowest BCUT2D eigenvalue weighted by molar-refractivity contribution is -0.134. The average molecular weight is 260 g/mol. The van der Waals surface area contributed by atoms with Crippen molar-refractivity contribution in [1.82, 2.24) is 0 Å². The Labute approximate surface area is 109 Å². The minimum absolute atomic E-state index is 0.0370. The van der Waals surface area contributed by atoms with E-state index < -0.39 is 0 Å². The zero-order valence-corrected chi connectivity index (χ0v) is 11.9. The summed E-state index contributed by atoms with van der Waals surface area (Å²) in [7, 11) is 0. The number of allylic oxidation sites excluding steroid dienone is 1. The summed E-state index contributed by atoms with van der Waals surface area (Å²) in [6, 6.07) is 0. The third-order valence-electron chi connectivity index (χ3n) is 1.39. The molecule has 106 valence electrons. The second kappa shape index (κ2) is 18.0. The predicted molar refractivity (Wildman–Crippen MR) is 70.3 cm³/mol. The third kappa shape index (κ3) is 29.3. The molecule has 0 fully saturated rings. The molecule has 5 nitrogen and oxygen atoms in total. The number of Topliss-reactive ketones (excluding diaryl/α,β-unsaturated/α-hetero) is 2. The normalized spacial score (nSPS) is 8.33. The van der Waals surface area contributed by atoms with Crippen LogP contribution in [0.4, 0.5) is 0 Å². The highest BCUT2D eigenvalue weighted by Crippen LogP contribution is 1.90. The first-order valence-corrected chi connectivity index (χ1v) is 5.68. The van der Waals surface area contributed by atoms with Crippen molar-refractivity contribution in [2.75, 3.05) is 13.2 Å². The van der Waals surface area contributed by atoms with Gasteiger partial charge in [0.1, 0.15) is 6.29 Å². The lowest BCUT2D eigenvalue weighted by atomic mass is 10.3. The van der Waals surface area contributed by atoms with Gasteiger partial charge in [0.2, 0.25) is 0 Å². The summed E-state index contributed by atoms with van der Waals surface area (Å²) in [6.07, 6.45) is 1.80. The average Bonchev–Trinajstić information content (AvgIpc) is 2.30. The highest BCUT2D eigenvalue weighted by atomic mass is 16.7. The largest absolute Gasteiger partial charge is 0.353 e. The molecule has 0 amide bonds. The van der Waals surface area contributed by atoms with Crippen LogP contribution in [0.1, 0.15) is 34.6 Å². The van der Waals surface area contributed by atoms with Gasteiger partial charge in [0.25, 0.3) is 0 Å². The molecule has 0 saturated heterocycles. The van der Waals surface area contributed by atoms with Crippen molar-refractivity contribution in [2.45, 2.75) is 40.9 Å². The number of ketones is 2. The van der Waals surface area contributed by atoms with Crippen LogP contribution in [0.15, 0.2) is 12.7 Å². The van der Waals surface area contributed by atoms with E-state index in [2.05, 4.69) is 6.58 Å². The Morgan fingerprint density at radius 1 is 1.11 bits per heavy atom. The number of hydrogen-bond donors (Lipinski definition) is 0. The molecule has 0 saturated carbocycles. The Kier molecular flexibility index (Phi) is 22.0. The molecular formula is C13H24O5. The summed E-state index contributed by atoms with van der Waals surface area (Å²) < 4.78 is 10.1. The first-order valence-electron chi connectivity index (χ1n) is 5.68. The van der Waals surface area contributed by atoms with Crippen LogP contribution in [0, 0.1) is 0 Å². The van der Waals surface area contributed by atoms with Crippen LogP contribution >= 0.6 is 0 Å². The molecule has 0 aromatic rings. The Balaban J connectivity index is -0.000000200. The summed E-state index contributed by atoms with van der Waals surface area (Å²) in [5, 5.41) is 0. The van der Waals surface area contributed by atoms with Gasteiger partial charge in [-0.25, -0.2) is 0 Å². The fourth-order valence-electron chi connectivity index (χ4n) is 0.518. The van der Waals surface area contributed by atoms with Crippen LogP contribution < -0.4 is 0 Å². The molecule has 0 aliphatic heterocycles. The van der Waals surface area contributed by atoms with E-state index in [-0.39, 0.29) is 17.9 Å². The van der Waals surface area contributed by atoms with Gasteiger partial charge in [0, 0.05) is 27.1 Å². The van der Waals surface area contributed by atoms with Crippen molar-refractivity contribution in [3.05, 3.63) is 12.7 Å². The maximum atomic E-state index is 9.79. The van der Waals surface area contributed by atoms with E-state index in [9.17, 15) is 9.59 Å². The highest BCUT2D eigenvalue weighted by Gasteiger charge is 1.95. The van der Waals surface area contributed by atoms with Crippen molar-refractivity contribution >= 4 is 17.9 Å². The van der Waals surface area contributed by atoms with Crippen LogP contribution in [-0.2, 0) is 23.9 Å². The molecule has 0 aromatic carbocycles. The van der Waals surface area contributed by atoms with Gasteiger partial charge < -0.3 is 9.47 Å². The molecule has 0 N–H and O–H groups in total. The molecule has 0 radical (unpaired) electrons. The van der Waals surface area contributed by atoms with Crippen molar-refractivity contribution < 1.29 is 23.9 Å². The Morgan fingerprint density at radius 2 is 1.39 bits per heavy atom. The minimum Gasteiger partial charge on any atom is -0.353 e. The summed E-state index contributed by atoms with van der Waals surface area (Å²) in [4.78, 5) is 28.6. The van der Waals surface area contributed by atoms with Crippen LogP contribution in [0.2, 0.25) is 0 Å². The first kappa shape index (κ1) is 21.9. The first-order chi connectivity index (χ1) is 8.37. The molecule has 0 bridgehead atoms. The number of hydrogen-bond acceptors (Lipinski definition) is 5. The zero-order valence-electron chi connectivity index (χ0n) is 11.9. The van der Waals surface area contributed by atoms with E-state index >= 15 is 0 Å². The van der Waals surface area contributed by atoms with E-state index in [0.29, 0.717) is 6.29 Å². The summed E-state index contributed by atoms with van der Waals surface area (Å²) in [5.41, 5.74) is 0. The van der Waals surface area contributed by atoms with Crippen LogP contribution in [0.5, 0.6) is 0 Å². The molecule has 0 atom stereocenters. The number of ether oxygens (including phenoxy) is 2. The summed E-state index contributed by atoms with van der Waals surface area (Å²) >= 11 is 0. The zero-order chi connectivity index (χ0) is 15.0. The topological polar surface area (TPSA) is 69.7 Å². The second-order valence-electron chi connectivity index (χ2n) is 2.96. The van der Waals surface area contributed by atoms with Gasteiger partial charge >= 0.3 is 0 Å². The fraction of sp³-hybridized carbons (Fsp3) is 0.615. The lowest BCUT2D eigenvalue weighted by Gasteiger charge is -2.09. The van der Waals surface area contributed by atoms with Crippen LogP contribution in [-0.4, -0.2) is 37.4 Å². The van der Waals surface area contributed by atoms with E-state index in [0.717, 1.165) is 13.2 Å². The molecule has 0 aliphatic carbocycles. The molecule has 0 aliphatic rings. The summed E-state index contributed by atoms with van der Waals surface area (Å²) in [5.74, 6) is -0.759. The van der Waals surface area contributed by atoms with Crippen molar-refractivity contribution in [1.29, 1.82) is 0 Å². The monoisotopic (exact) mass is 260 g/mol. The molecular weight excluding hydrogens is 236 g/mol. The number of aldehydes is 1. The van der Waals surface area contributed by atoms with E-state index in [1.807, 2.05) is 20.8 Å². The third-order valence-corrected chi connectivity index (χ3v) is 1.39. The van der Waals surface area contributed by atoms with Gasteiger partial charge in [0.05, 0.1) is 0 Å². The van der Waals surface area contributed by atoms with Crippen LogP contribution in [0.25, 0.3) is 0 Å². The predicted octanol–water partition coefficient (Wildman–Crippen LogP) is 1.94. The SMILES string of the molecule is C=CC=O.CC(=O)C(C)=O.CCOC(C)OCC. The molecule has 0 spiro atoms. The lowest BCUT2D eigenvalue weighted by Crippen LogP contribution is -2.11. The van der Waals surface area contributed by atoms with E-state index in [1.165, 1.54) is 19.9 Å². The molecule has 18 heavy (non-hydrogen) atoms. The molecule has 5 heteroatoms. The van der Waals surface area contributed by atoms with Crippen molar-refractivity contribution in [3.8, 4) is 0 Å². The molecule has 0 unspecified atom stereocenters. The van der Waals surface area contributed by atoms with Gasteiger partial charge in [-0.3, -0.25) is 14.4 Å². The summed E-state index contributed by atoms with van der Waals surface area (Å²) in [6.45, 7) is 12.9. The molecule has 0 rings (SSSR count). The number of rotatable bonds is 6. The molecule has 0 heterocycles. The van der Waals surface area contributed by atoms with Gasteiger partial charge in [-0.15, -0.1) is 0 Å². The van der Waals surface area contributed by atoms with E-state index in [1.54, 1.807) is 0 Å². The van der Waals surface area contributed by atoms with Crippen molar-refractivity contribution in [2.24, 2.45) is 0 Å².